The molecule has 1 heterocycles. The van der Waals surface area contributed by atoms with Crippen LogP contribution in [0.4, 0.5) is 10.5 Å². The fourth-order valence-electron chi connectivity index (χ4n) is 2.09. The highest BCUT2D eigenvalue weighted by molar-refractivity contribution is 7.13. The highest BCUT2D eigenvalue weighted by Gasteiger charge is 2.06. The average Bonchev–Trinajstić information content (AvgIpc) is 3.09. The molecule has 0 unspecified atom stereocenters. The van der Waals surface area contributed by atoms with Gasteiger partial charge in [0.05, 0.1) is 0 Å². The lowest BCUT2D eigenvalue weighted by Gasteiger charge is -2.09. The van der Waals surface area contributed by atoms with E-state index in [1.807, 2.05) is 47.8 Å². The Morgan fingerprint density at radius 1 is 1.17 bits per heavy atom. The molecule has 3 aromatic rings. The molecule has 0 spiro atoms. The van der Waals surface area contributed by atoms with Crippen LogP contribution in [0.2, 0.25) is 5.02 Å². The Balaban J connectivity index is 1.62. The third kappa shape index (κ3) is 4.09. The van der Waals surface area contributed by atoms with Crippen LogP contribution in [0.3, 0.4) is 0 Å². The molecule has 0 radical (unpaired) electrons. The molecule has 0 atom stereocenters. The number of carbonyl (C=O) groups is 1. The Morgan fingerprint density at radius 3 is 2.83 bits per heavy atom. The zero-order valence-electron chi connectivity index (χ0n) is 12.1. The van der Waals surface area contributed by atoms with E-state index >= 15 is 0 Å². The van der Waals surface area contributed by atoms with E-state index in [9.17, 15) is 4.79 Å². The lowest BCUT2D eigenvalue weighted by atomic mass is 10.2. The monoisotopic (exact) mass is 343 g/mol. The van der Waals surface area contributed by atoms with E-state index in [0.29, 0.717) is 17.3 Å². The number of thiazole rings is 1. The van der Waals surface area contributed by atoms with Crippen LogP contribution >= 0.6 is 22.9 Å². The van der Waals surface area contributed by atoms with Crippen LogP contribution in [0.15, 0.2) is 60.1 Å². The van der Waals surface area contributed by atoms with Crippen molar-refractivity contribution in [2.75, 3.05) is 5.32 Å². The molecule has 2 N–H and O–H groups in total. The van der Waals surface area contributed by atoms with Gasteiger partial charge in [-0.25, -0.2) is 9.78 Å². The van der Waals surface area contributed by atoms with Crippen LogP contribution in [0.1, 0.15) is 5.56 Å². The molecular weight excluding hydrogens is 330 g/mol. The van der Waals surface area contributed by atoms with E-state index < -0.39 is 0 Å². The standard InChI is InChI=1S/C17H14ClN3OS/c18-15-7-2-1-4-13(15)11-20-17(22)21-14-6-3-5-12(10-14)16-19-8-9-23-16/h1-10H,11H2,(H2,20,21,22). The van der Waals surface area contributed by atoms with Crippen molar-refractivity contribution in [3.8, 4) is 10.6 Å². The van der Waals surface area contributed by atoms with Crippen LogP contribution in [0.25, 0.3) is 10.6 Å². The number of urea groups is 1. The van der Waals surface area contributed by atoms with Crippen molar-refractivity contribution >= 4 is 34.7 Å². The van der Waals surface area contributed by atoms with Gasteiger partial charge in [-0.05, 0) is 23.8 Å². The van der Waals surface area contributed by atoms with Crippen molar-refractivity contribution in [3.63, 3.8) is 0 Å². The fourth-order valence-corrected chi connectivity index (χ4v) is 2.93. The lowest BCUT2D eigenvalue weighted by Crippen LogP contribution is -2.28. The van der Waals surface area contributed by atoms with Crippen LogP contribution < -0.4 is 10.6 Å². The summed E-state index contributed by atoms with van der Waals surface area (Å²) < 4.78 is 0. The normalized spacial score (nSPS) is 10.3. The van der Waals surface area contributed by atoms with Gasteiger partial charge in [0.25, 0.3) is 0 Å². The summed E-state index contributed by atoms with van der Waals surface area (Å²) in [5.74, 6) is 0. The molecule has 3 rings (SSSR count). The maximum Gasteiger partial charge on any atom is 0.319 e. The largest absolute Gasteiger partial charge is 0.334 e. The lowest BCUT2D eigenvalue weighted by molar-refractivity contribution is 0.252. The molecule has 0 aliphatic heterocycles. The second kappa shape index (κ2) is 7.26. The first-order valence-electron chi connectivity index (χ1n) is 7.00. The highest BCUT2D eigenvalue weighted by atomic mass is 35.5. The van der Waals surface area contributed by atoms with Crippen LogP contribution in [-0.4, -0.2) is 11.0 Å². The maximum atomic E-state index is 12.0. The zero-order chi connectivity index (χ0) is 16.1. The predicted octanol–water partition coefficient (Wildman–Crippen LogP) is 4.79. The summed E-state index contributed by atoms with van der Waals surface area (Å²) in [5, 5.41) is 9.09. The number of anilines is 1. The van der Waals surface area contributed by atoms with Crippen LogP contribution in [0, 0.1) is 0 Å². The minimum atomic E-state index is -0.277. The molecule has 0 aliphatic rings. The number of halogens is 1. The summed E-state index contributed by atoms with van der Waals surface area (Å²) in [6.45, 7) is 0.373. The van der Waals surface area contributed by atoms with Gasteiger partial charge >= 0.3 is 6.03 Å². The Morgan fingerprint density at radius 2 is 2.04 bits per heavy atom. The second-order valence-corrected chi connectivity index (χ2v) is 6.12. The molecule has 0 saturated carbocycles. The van der Waals surface area contributed by atoms with E-state index in [1.54, 1.807) is 23.6 Å². The topological polar surface area (TPSA) is 54.0 Å². The molecule has 0 aliphatic carbocycles. The first kappa shape index (κ1) is 15.5. The molecular formula is C17H14ClN3OS. The van der Waals surface area contributed by atoms with Crippen LogP contribution in [0.5, 0.6) is 0 Å². The van der Waals surface area contributed by atoms with E-state index in [-0.39, 0.29) is 6.03 Å². The molecule has 23 heavy (non-hydrogen) atoms. The Bertz CT molecular complexity index is 805. The fraction of sp³-hybridized carbons (Fsp3) is 0.0588. The van der Waals surface area contributed by atoms with Gasteiger partial charge in [-0.1, -0.05) is 41.9 Å². The summed E-state index contributed by atoms with van der Waals surface area (Å²) in [5.41, 5.74) is 2.57. The van der Waals surface area contributed by atoms with Gasteiger partial charge < -0.3 is 10.6 Å². The number of carbonyl (C=O) groups excluding carboxylic acids is 1. The van der Waals surface area contributed by atoms with Crippen molar-refractivity contribution in [2.24, 2.45) is 0 Å². The third-order valence-electron chi connectivity index (χ3n) is 3.20. The number of hydrogen-bond acceptors (Lipinski definition) is 3. The molecule has 2 amide bonds. The number of nitrogens with one attached hydrogen (secondary N) is 2. The minimum Gasteiger partial charge on any atom is -0.334 e. The molecule has 0 bridgehead atoms. The first-order chi connectivity index (χ1) is 11.2. The quantitative estimate of drug-likeness (QED) is 0.716. The zero-order valence-corrected chi connectivity index (χ0v) is 13.7. The van der Waals surface area contributed by atoms with E-state index in [4.69, 9.17) is 11.6 Å². The molecule has 2 aromatic carbocycles. The predicted molar refractivity (Wildman–Crippen MR) is 94.9 cm³/mol. The van der Waals surface area contributed by atoms with Gasteiger partial charge in [-0.3, -0.25) is 0 Å². The summed E-state index contributed by atoms with van der Waals surface area (Å²) in [6, 6.07) is 14.7. The summed E-state index contributed by atoms with van der Waals surface area (Å²) in [6.07, 6.45) is 1.76. The van der Waals surface area contributed by atoms with Crippen molar-refractivity contribution in [1.82, 2.24) is 10.3 Å². The molecule has 0 fully saturated rings. The molecule has 6 heteroatoms. The van der Waals surface area contributed by atoms with Crippen molar-refractivity contribution in [1.29, 1.82) is 0 Å². The molecule has 116 valence electrons. The van der Waals surface area contributed by atoms with Crippen molar-refractivity contribution < 1.29 is 4.79 Å². The summed E-state index contributed by atoms with van der Waals surface area (Å²) in [4.78, 5) is 16.3. The number of benzene rings is 2. The number of nitrogens with zero attached hydrogens (tertiary/aromatic N) is 1. The molecule has 4 nitrogen and oxygen atoms in total. The first-order valence-corrected chi connectivity index (χ1v) is 8.26. The number of rotatable bonds is 4. The second-order valence-electron chi connectivity index (χ2n) is 4.82. The van der Waals surface area contributed by atoms with Gasteiger partial charge in [0.2, 0.25) is 0 Å². The average molecular weight is 344 g/mol. The number of hydrogen-bond donors (Lipinski definition) is 2. The van der Waals surface area contributed by atoms with E-state index in [1.165, 1.54) is 0 Å². The number of amides is 2. The summed E-state index contributed by atoms with van der Waals surface area (Å²) in [7, 11) is 0. The van der Waals surface area contributed by atoms with E-state index in [2.05, 4.69) is 15.6 Å². The highest BCUT2D eigenvalue weighted by Crippen LogP contribution is 2.24. The van der Waals surface area contributed by atoms with E-state index in [0.717, 1.165) is 16.1 Å². The Labute approximate surface area is 143 Å². The van der Waals surface area contributed by atoms with Crippen molar-refractivity contribution in [3.05, 3.63) is 70.7 Å². The van der Waals surface area contributed by atoms with Gasteiger partial charge in [-0.15, -0.1) is 11.3 Å². The van der Waals surface area contributed by atoms with Gasteiger partial charge in [0.15, 0.2) is 0 Å². The smallest absolute Gasteiger partial charge is 0.319 e. The van der Waals surface area contributed by atoms with Crippen LogP contribution in [-0.2, 0) is 6.54 Å². The Kier molecular flexibility index (Phi) is 4.90. The Hall–Kier alpha value is -2.37. The van der Waals surface area contributed by atoms with Crippen molar-refractivity contribution in [2.45, 2.75) is 6.54 Å². The van der Waals surface area contributed by atoms with Gasteiger partial charge in [0.1, 0.15) is 5.01 Å². The number of aromatic nitrogens is 1. The molecule has 0 saturated heterocycles. The molecule has 1 aromatic heterocycles. The third-order valence-corrected chi connectivity index (χ3v) is 4.39. The van der Waals surface area contributed by atoms with Gasteiger partial charge in [-0.2, -0.15) is 0 Å². The van der Waals surface area contributed by atoms with Gasteiger partial charge in [0, 0.05) is 34.4 Å². The minimum absolute atomic E-state index is 0.277. The maximum absolute atomic E-state index is 12.0. The summed E-state index contributed by atoms with van der Waals surface area (Å²) >= 11 is 7.63. The SMILES string of the molecule is O=C(NCc1ccccc1Cl)Nc1cccc(-c2nccs2)c1.